The van der Waals surface area contributed by atoms with Gasteiger partial charge in [-0.25, -0.2) is 4.68 Å². The minimum absolute atomic E-state index is 0.0905. The molecule has 1 amide bonds. The SMILES string of the molecule is O=C(O)CC1(NC(=O)c2cn(-c3cccc(C(F)(F)F)c3)nn2)CCOCC1. The summed E-state index contributed by atoms with van der Waals surface area (Å²) in [6, 6.07) is 4.44. The highest BCUT2D eigenvalue weighted by Crippen LogP contribution is 2.30. The van der Waals surface area contributed by atoms with E-state index in [2.05, 4.69) is 15.6 Å². The number of benzene rings is 1. The number of nitrogens with one attached hydrogen (secondary N) is 1. The maximum absolute atomic E-state index is 12.9. The average molecular weight is 398 g/mol. The van der Waals surface area contributed by atoms with E-state index < -0.39 is 29.2 Å². The quantitative estimate of drug-likeness (QED) is 0.798. The third-order valence-corrected chi connectivity index (χ3v) is 4.48. The Morgan fingerprint density at radius 3 is 2.64 bits per heavy atom. The number of alkyl halides is 3. The maximum Gasteiger partial charge on any atom is 0.416 e. The Labute approximate surface area is 157 Å². The van der Waals surface area contributed by atoms with Crippen molar-refractivity contribution in [2.75, 3.05) is 13.2 Å². The van der Waals surface area contributed by atoms with Gasteiger partial charge in [0.2, 0.25) is 0 Å². The fourth-order valence-electron chi connectivity index (χ4n) is 3.02. The number of carbonyl (C=O) groups excluding carboxylic acids is 1. The standard InChI is InChI=1S/C17H17F3N4O4/c18-17(19,20)11-2-1-3-12(8-11)24-10-13(22-23-24)15(27)21-16(9-14(25)26)4-6-28-7-5-16/h1-3,8,10H,4-7,9H2,(H,21,27)(H,25,26). The Morgan fingerprint density at radius 1 is 1.29 bits per heavy atom. The van der Waals surface area contributed by atoms with Gasteiger partial charge in [0.25, 0.3) is 5.91 Å². The Hall–Kier alpha value is -2.95. The Balaban J connectivity index is 1.79. The predicted octanol–water partition coefficient (Wildman–Crippen LogP) is 2.04. The molecular formula is C17H17F3N4O4. The molecule has 1 aromatic carbocycles. The van der Waals surface area contributed by atoms with Crippen molar-refractivity contribution in [3.63, 3.8) is 0 Å². The van der Waals surface area contributed by atoms with Crippen molar-refractivity contribution in [2.24, 2.45) is 0 Å². The van der Waals surface area contributed by atoms with Crippen LogP contribution in [-0.2, 0) is 15.7 Å². The van der Waals surface area contributed by atoms with Gasteiger partial charge in [-0.15, -0.1) is 5.10 Å². The number of amides is 1. The molecule has 2 aromatic rings. The van der Waals surface area contributed by atoms with E-state index in [0.717, 1.165) is 16.8 Å². The lowest BCUT2D eigenvalue weighted by Gasteiger charge is -2.36. The van der Waals surface area contributed by atoms with E-state index in [4.69, 9.17) is 9.84 Å². The zero-order valence-electron chi connectivity index (χ0n) is 14.6. The molecule has 2 N–H and O–H groups in total. The second kappa shape index (κ2) is 7.58. The van der Waals surface area contributed by atoms with Crippen molar-refractivity contribution in [3.8, 4) is 5.69 Å². The van der Waals surface area contributed by atoms with Gasteiger partial charge in [-0.05, 0) is 31.0 Å². The molecule has 2 heterocycles. The van der Waals surface area contributed by atoms with Gasteiger partial charge in [-0.2, -0.15) is 13.2 Å². The minimum atomic E-state index is -4.51. The molecule has 0 spiro atoms. The van der Waals surface area contributed by atoms with Crippen LogP contribution in [0.2, 0.25) is 0 Å². The van der Waals surface area contributed by atoms with E-state index >= 15 is 0 Å². The van der Waals surface area contributed by atoms with Gasteiger partial charge in [0.1, 0.15) is 0 Å². The highest BCUT2D eigenvalue weighted by atomic mass is 19.4. The summed E-state index contributed by atoms with van der Waals surface area (Å²) in [5.74, 6) is -1.71. The Bertz CT molecular complexity index is 875. The smallest absolute Gasteiger partial charge is 0.416 e. The number of hydrogen-bond acceptors (Lipinski definition) is 5. The number of carboxylic acid groups (broad SMARTS) is 1. The molecule has 8 nitrogen and oxygen atoms in total. The fraction of sp³-hybridized carbons (Fsp3) is 0.412. The first-order chi connectivity index (χ1) is 13.2. The number of halogens is 3. The van der Waals surface area contributed by atoms with E-state index in [0.29, 0.717) is 26.1 Å². The molecule has 1 fully saturated rings. The minimum Gasteiger partial charge on any atom is -0.481 e. The molecule has 3 rings (SSSR count). The van der Waals surface area contributed by atoms with E-state index in [-0.39, 0.29) is 17.8 Å². The second-order valence-corrected chi connectivity index (χ2v) is 6.51. The van der Waals surface area contributed by atoms with Gasteiger partial charge >= 0.3 is 12.1 Å². The van der Waals surface area contributed by atoms with Gasteiger partial charge in [-0.3, -0.25) is 9.59 Å². The van der Waals surface area contributed by atoms with Gasteiger partial charge in [0, 0.05) is 13.2 Å². The third kappa shape index (κ3) is 4.47. The Morgan fingerprint density at radius 2 is 2.00 bits per heavy atom. The summed E-state index contributed by atoms with van der Waals surface area (Å²) in [7, 11) is 0. The first kappa shape index (κ1) is 19.8. The van der Waals surface area contributed by atoms with Crippen molar-refractivity contribution >= 4 is 11.9 Å². The zero-order valence-corrected chi connectivity index (χ0v) is 14.6. The topological polar surface area (TPSA) is 106 Å². The highest BCUT2D eigenvalue weighted by Gasteiger charge is 2.37. The second-order valence-electron chi connectivity index (χ2n) is 6.51. The van der Waals surface area contributed by atoms with Crippen molar-refractivity contribution in [1.29, 1.82) is 0 Å². The number of aromatic nitrogens is 3. The van der Waals surface area contributed by atoms with Crippen LogP contribution in [0.25, 0.3) is 5.69 Å². The summed E-state index contributed by atoms with van der Waals surface area (Å²) in [6.07, 6.45) is -2.94. The average Bonchev–Trinajstić information content (AvgIpc) is 3.11. The summed E-state index contributed by atoms with van der Waals surface area (Å²) < 4.78 is 44.8. The molecule has 11 heteroatoms. The molecule has 1 aliphatic rings. The number of carbonyl (C=O) groups is 2. The van der Waals surface area contributed by atoms with Gasteiger partial charge < -0.3 is 15.2 Å². The highest BCUT2D eigenvalue weighted by molar-refractivity contribution is 5.92. The van der Waals surface area contributed by atoms with Crippen molar-refractivity contribution in [1.82, 2.24) is 20.3 Å². The number of rotatable bonds is 5. The summed E-state index contributed by atoms with van der Waals surface area (Å²) in [6.45, 7) is 0.620. The van der Waals surface area contributed by atoms with Crippen LogP contribution in [0.5, 0.6) is 0 Å². The molecule has 1 aromatic heterocycles. The molecule has 1 aliphatic heterocycles. The number of ether oxygens (including phenoxy) is 1. The molecule has 150 valence electrons. The normalized spacial score (nSPS) is 16.5. The Kier molecular flexibility index (Phi) is 5.36. The number of nitrogens with zero attached hydrogens (tertiary/aromatic N) is 3. The number of aliphatic carboxylic acids is 1. The van der Waals surface area contributed by atoms with Crippen LogP contribution >= 0.6 is 0 Å². The number of hydrogen-bond donors (Lipinski definition) is 2. The summed E-state index contributed by atoms with van der Waals surface area (Å²) >= 11 is 0. The first-order valence-electron chi connectivity index (χ1n) is 8.41. The third-order valence-electron chi connectivity index (χ3n) is 4.48. The van der Waals surface area contributed by atoms with Gasteiger partial charge in [0.15, 0.2) is 5.69 Å². The van der Waals surface area contributed by atoms with Crippen LogP contribution < -0.4 is 5.32 Å². The first-order valence-corrected chi connectivity index (χ1v) is 8.41. The molecular weight excluding hydrogens is 381 g/mol. The molecule has 0 bridgehead atoms. The van der Waals surface area contributed by atoms with E-state index in [9.17, 15) is 22.8 Å². The summed E-state index contributed by atoms with van der Waals surface area (Å²) in [4.78, 5) is 23.7. The van der Waals surface area contributed by atoms with Crippen LogP contribution in [-0.4, -0.2) is 50.7 Å². The molecule has 28 heavy (non-hydrogen) atoms. The predicted molar refractivity (Wildman–Crippen MR) is 88.9 cm³/mol. The molecule has 1 saturated heterocycles. The van der Waals surface area contributed by atoms with Crippen molar-refractivity contribution < 1.29 is 32.6 Å². The van der Waals surface area contributed by atoms with Gasteiger partial charge in [0.05, 0.1) is 29.4 Å². The van der Waals surface area contributed by atoms with Crippen LogP contribution in [0.4, 0.5) is 13.2 Å². The fourth-order valence-corrected chi connectivity index (χ4v) is 3.02. The largest absolute Gasteiger partial charge is 0.481 e. The van der Waals surface area contributed by atoms with E-state index in [1.165, 1.54) is 18.3 Å². The summed E-state index contributed by atoms with van der Waals surface area (Å²) in [5, 5.41) is 19.2. The van der Waals surface area contributed by atoms with E-state index in [1.807, 2.05) is 0 Å². The maximum atomic E-state index is 12.9. The summed E-state index contributed by atoms with van der Waals surface area (Å²) in [5.41, 5.74) is -1.86. The molecule has 0 unspecified atom stereocenters. The van der Waals surface area contributed by atoms with E-state index in [1.54, 1.807) is 0 Å². The van der Waals surface area contributed by atoms with Crippen molar-refractivity contribution in [3.05, 3.63) is 41.7 Å². The zero-order chi connectivity index (χ0) is 20.4. The van der Waals surface area contributed by atoms with Crippen LogP contribution in [0.3, 0.4) is 0 Å². The van der Waals surface area contributed by atoms with Crippen LogP contribution in [0.1, 0.15) is 35.3 Å². The lowest BCUT2D eigenvalue weighted by atomic mass is 9.86. The monoisotopic (exact) mass is 398 g/mol. The molecule has 0 saturated carbocycles. The number of carboxylic acids is 1. The van der Waals surface area contributed by atoms with Crippen molar-refractivity contribution in [2.45, 2.75) is 31.0 Å². The van der Waals surface area contributed by atoms with Crippen LogP contribution in [0.15, 0.2) is 30.5 Å². The lowest BCUT2D eigenvalue weighted by Crippen LogP contribution is -2.53. The lowest BCUT2D eigenvalue weighted by molar-refractivity contribution is -0.140. The molecule has 0 atom stereocenters. The van der Waals surface area contributed by atoms with Crippen LogP contribution in [0, 0.1) is 0 Å². The molecule has 0 radical (unpaired) electrons. The molecule has 0 aliphatic carbocycles. The van der Waals surface area contributed by atoms with Gasteiger partial charge in [-0.1, -0.05) is 11.3 Å².